The van der Waals surface area contributed by atoms with Crippen LogP contribution in [0.4, 0.5) is 5.69 Å². The van der Waals surface area contributed by atoms with Crippen molar-refractivity contribution >= 4 is 23.8 Å². The predicted octanol–water partition coefficient (Wildman–Crippen LogP) is 9.53. The number of rotatable bonds is 11. The highest BCUT2D eigenvalue weighted by Gasteiger charge is 2.22. The van der Waals surface area contributed by atoms with Crippen LogP contribution < -0.4 is 10.6 Å². The second-order valence-corrected chi connectivity index (χ2v) is 14.0. The number of anilines is 1. The van der Waals surface area contributed by atoms with Gasteiger partial charge in [0.25, 0.3) is 5.91 Å². The van der Waals surface area contributed by atoms with Gasteiger partial charge in [-0.2, -0.15) is 0 Å². The summed E-state index contributed by atoms with van der Waals surface area (Å²) in [6.07, 6.45) is 1.51. The molecule has 1 atom stereocenters. The van der Waals surface area contributed by atoms with Gasteiger partial charge in [0.2, 0.25) is 5.91 Å². The summed E-state index contributed by atoms with van der Waals surface area (Å²) in [5.74, 6) is -0.799. The number of amides is 2. The fraction of sp³-hybridized carbons (Fsp3) is 0.250. The van der Waals surface area contributed by atoms with Crippen molar-refractivity contribution in [2.24, 2.45) is 0 Å². The Kier molecular flexibility index (Phi) is 10.9. The Hall–Kier alpha value is -5.29. The molecular formula is C44H46N2O3. The standard InChI is InChI=1S/C44H46N2O3/c1-29-26-30(2)41(31(3)27-29)36-18-22-39(23-19-36)46-43(49)40(28-32-8-10-37(11-9-32)42(48)45-24-7-25-47)35-14-12-33(13-15-35)34-16-20-38(21-17-34)44(4,5)6/h8-23,25-27,40H,7,24,28H2,1-6H3,(H,45,48)(H,46,49). The summed E-state index contributed by atoms with van der Waals surface area (Å²) in [5.41, 5.74) is 12.7. The normalized spacial score (nSPS) is 11.9. The van der Waals surface area contributed by atoms with Crippen LogP contribution in [-0.4, -0.2) is 24.6 Å². The number of hydrogen-bond acceptors (Lipinski definition) is 3. The molecule has 5 aromatic rings. The van der Waals surface area contributed by atoms with Crippen LogP contribution in [0, 0.1) is 20.8 Å². The fourth-order valence-corrected chi connectivity index (χ4v) is 6.39. The van der Waals surface area contributed by atoms with Crippen molar-refractivity contribution in [2.45, 2.75) is 65.7 Å². The van der Waals surface area contributed by atoms with Gasteiger partial charge in [0.15, 0.2) is 0 Å². The van der Waals surface area contributed by atoms with Crippen LogP contribution in [0.25, 0.3) is 22.3 Å². The summed E-state index contributed by atoms with van der Waals surface area (Å²) >= 11 is 0. The summed E-state index contributed by atoms with van der Waals surface area (Å²) < 4.78 is 0. The fourth-order valence-electron chi connectivity index (χ4n) is 6.39. The van der Waals surface area contributed by atoms with Crippen LogP contribution in [0.2, 0.25) is 0 Å². The minimum absolute atomic E-state index is 0.0835. The minimum Gasteiger partial charge on any atom is -0.352 e. The van der Waals surface area contributed by atoms with E-state index in [4.69, 9.17) is 0 Å². The molecule has 0 radical (unpaired) electrons. The summed E-state index contributed by atoms with van der Waals surface area (Å²) in [5, 5.41) is 5.92. The summed E-state index contributed by atoms with van der Waals surface area (Å²) in [4.78, 5) is 37.1. The molecule has 5 heteroatoms. The lowest BCUT2D eigenvalue weighted by Crippen LogP contribution is -2.25. The Morgan fingerprint density at radius 2 is 1.27 bits per heavy atom. The average Bonchev–Trinajstić information content (AvgIpc) is 3.07. The summed E-state index contributed by atoms with van der Waals surface area (Å²) in [6.45, 7) is 13.3. The maximum absolute atomic E-state index is 14.0. The molecule has 49 heavy (non-hydrogen) atoms. The van der Waals surface area contributed by atoms with Crippen LogP contribution in [0.5, 0.6) is 0 Å². The monoisotopic (exact) mass is 650 g/mol. The molecule has 5 nitrogen and oxygen atoms in total. The molecule has 0 spiro atoms. The number of aryl methyl sites for hydroxylation is 3. The van der Waals surface area contributed by atoms with Gasteiger partial charge >= 0.3 is 0 Å². The van der Waals surface area contributed by atoms with E-state index in [1.807, 2.05) is 36.4 Å². The third kappa shape index (κ3) is 8.80. The van der Waals surface area contributed by atoms with Crippen LogP contribution in [-0.2, 0) is 21.4 Å². The van der Waals surface area contributed by atoms with Crippen molar-refractivity contribution in [1.29, 1.82) is 0 Å². The SMILES string of the molecule is Cc1cc(C)c(-c2ccc(NC(=O)C(Cc3ccc(C(=O)NCCC=O)cc3)c3ccc(-c4ccc(C(C)(C)C)cc4)cc3)cc2)c(C)c1. The Bertz CT molecular complexity index is 1890. The average molecular weight is 651 g/mol. The van der Waals surface area contributed by atoms with Crippen molar-refractivity contribution in [2.75, 3.05) is 11.9 Å². The van der Waals surface area contributed by atoms with E-state index in [9.17, 15) is 14.4 Å². The number of aldehydes is 1. The van der Waals surface area contributed by atoms with Gasteiger partial charge < -0.3 is 15.4 Å². The van der Waals surface area contributed by atoms with Crippen LogP contribution in [0.1, 0.15) is 76.8 Å². The molecule has 2 amide bonds. The third-order valence-corrected chi connectivity index (χ3v) is 9.04. The number of hydrogen-bond donors (Lipinski definition) is 2. The molecule has 5 rings (SSSR count). The molecule has 250 valence electrons. The Morgan fingerprint density at radius 1 is 0.714 bits per heavy atom. The maximum Gasteiger partial charge on any atom is 0.251 e. The zero-order valence-electron chi connectivity index (χ0n) is 29.4. The summed E-state index contributed by atoms with van der Waals surface area (Å²) in [6, 6.07) is 36.7. The Morgan fingerprint density at radius 3 is 1.82 bits per heavy atom. The first kappa shape index (κ1) is 35.0. The highest BCUT2D eigenvalue weighted by Crippen LogP contribution is 2.31. The second kappa shape index (κ2) is 15.3. The second-order valence-electron chi connectivity index (χ2n) is 14.0. The first-order chi connectivity index (χ1) is 23.4. The van der Waals surface area contributed by atoms with Crippen LogP contribution in [0.15, 0.2) is 109 Å². The number of carbonyl (C=O) groups excluding carboxylic acids is 3. The molecule has 0 aliphatic carbocycles. The van der Waals surface area contributed by atoms with E-state index in [-0.39, 0.29) is 23.7 Å². The first-order valence-corrected chi connectivity index (χ1v) is 16.9. The molecule has 0 fully saturated rings. The molecule has 0 aliphatic heterocycles. The van der Waals surface area contributed by atoms with Crippen molar-refractivity contribution in [3.63, 3.8) is 0 Å². The molecular weight excluding hydrogens is 604 g/mol. The molecule has 0 heterocycles. The molecule has 0 aromatic heterocycles. The van der Waals surface area contributed by atoms with Gasteiger partial charge in [0, 0.05) is 24.2 Å². The quantitative estimate of drug-likeness (QED) is 0.110. The molecule has 0 bridgehead atoms. The number of benzene rings is 5. The van der Waals surface area contributed by atoms with Gasteiger partial charge in [-0.25, -0.2) is 0 Å². The molecule has 1 unspecified atom stereocenters. The molecule has 5 aromatic carbocycles. The first-order valence-electron chi connectivity index (χ1n) is 16.9. The molecule has 0 aliphatic rings. The van der Waals surface area contributed by atoms with Gasteiger partial charge in [-0.3, -0.25) is 9.59 Å². The van der Waals surface area contributed by atoms with Crippen molar-refractivity contribution in [1.82, 2.24) is 5.32 Å². The van der Waals surface area contributed by atoms with E-state index in [1.54, 1.807) is 12.1 Å². The van der Waals surface area contributed by atoms with Crippen molar-refractivity contribution in [3.05, 3.63) is 148 Å². The third-order valence-electron chi connectivity index (χ3n) is 9.04. The van der Waals surface area contributed by atoms with E-state index in [0.29, 0.717) is 18.5 Å². The zero-order valence-corrected chi connectivity index (χ0v) is 29.4. The van der Waals surface area contributed by atoms with E-state index in [1.165, 1.54) is 27.8 Å². The Balaban J connectivity index is 1.39. The van der Waals surface area contributed by atoms with Crippen molar-refractivity contribution < 1.29 is 14.4 Å². The number of carbonyl (C=O) groups is 3. The number of nitrogens with one attached hydrogen (secondary N) is 2. The van der Waals surface area contributed by atoms with E-state index < -0.39 is 5.92 Å². The van der Waals surface area contributed by atoms with E-state index in [2.05, 4.69) is 113 Å². The van der Waals surface area contributed by atoms with Crippen LogP contribution >= 0.6 is 0 Å². The van der Waals surface area contributed by atoms with Gasteiger partial charge in [0.1, 0.15) is 6.29 Å². The van der Waals surface area contributed by atoms with Gasteiger partial charge in [-0.05, 0) is 107 Å². The predicted molar refractivity (Wildman–Crippen MR) is 201 cm³/mol. The topological polar surface area (TPSA) is 75.3 Å². The lowest BCUT2D eigenvalue weighted by molar-refractivity contribution is -0.117. The van der Waals surface area contributed by atoms with E-state index >= 15 is 0 Å². The van der Waals surface area contributed by atoms with Gasteiger partial charge in [-0.15, -0.1) is 0 Å². The highest BCUT2D eigenvalue weighted by atomic mass is 16.2. The van der Waals surface area contributed by atoms with Gasteiger partial charge in [0.05, 0.1) is 5.92 Å². The van der Waals surface area contributed by atoms with Gasteiger partial charge in [-0.1, -0.05) is 111 Å². The molecule has 0 saturated carbocycles. The van der Waals surface area contributed by atoms with Crippen LogP contribution in [0.3, 0.4) is 0 Å². The largest absolute Gasteiger partial charge is 0.352 e. The maximum atomic E-state index is 14.0. The highest BCUT2D eigenvalue weighted by molar-refractivity contribution is 5.97. The minimum atomic E-state index is -0.467. The summed E-state index contributed by atoms with van der Waals surface area (Å²) in [7, 11) is 0. The Labute approximate surface area is 290 Å². The van der Waals surface area contributed by atoms with Crippen molar-refractivity contribution in [3.8, 4) is 22.3 Å². The molecule has 0 saturated heterocycles. The van der Waals surface area contributed by atoms with E-state index in [0.717, 1.165) is 39.8 Å². The lowest BCUT2D eigenvalue weighted by Gasteiger charge is -2.20. The molecule has 2 N–H and O–H groups in total. The smallest absolute Gasteiger partial charge is 0.251 e. The lowest BCUT2D eigenvalue weighted by atomic mass is 9.86. The zero-order chi connectivity index (χ0) is 35.1.